The third-order valence-corrected chi connectivity index (χ3v) is 3.38. The summed E-state index contributed by atoms with van der Waals surface area (Å²) in [6.45, 7) is 0. The molecule has 4 nitrogen and oxygen atoms in total. The quantitative estimate of drug-likeness (QED) is 0.755. The van der Waals surface area contributed by atoms with Crippen LogP contribution in [0.15, 0.2) is 54.7 Å². The first-order chi connectivity index (χ1) is 10.1. The van der Waals surface area contributed by atoms with E-state index in [0.29, 0.717) is 16.2 Å². The molecule has 0 fully saturated rings. The molecule has 0 bridgehead atoms. The van der Waals surface area contributed by atoms with Crippen LogP contribution in [0.5, 0.6) is 0 Å². The van der Waals surface area contributed by atoms with Crippen LogP contribution in [0.3, 0.4) is 0 Å². The van der Waals surface area contributed by atoms with Gasteiger partial charge in [0.05, 0.1) is 5.56 Å². The van der Waals surface area contributed by atoms with Crippen molar-refractivity contribution in [2.45, 2.75) is 0 Å². The first-order valence-corrected chi connectivity index (χ1v) is 6.66. The Kier molecular flexibility index (Phi) is 3.46. The van der Waals surface area contributed by atoms with Gasteiger partial charge in [0.2, 0.25) is 0 Å². The minimum absolute atomic E-state index is 0.187. The van der Waals surface area contributed by atoms with E-state index in [1.165, 1.54) is 6.20 Å². The van der Waals surface area contributed by atoms with Gasteiger partial charge >= 0.3 is 5.97 Å². The second-order valence-electron chi connectivity index (χ2n) is 4.50. The van der Waals surface area contributed by atoms with E-state index < -0.39 is 5.97 Å². The highest BCUT2D eigenvalue weighted by molar-refractivity contribution is 6.30. The second-order valence-corrected chi connectivity index (χ2v) is 4.94. The molecule has 0 saturated heterocycles. The van der Waals surface area contributed by atoms with Gasteiger partial charge in [0.1, 0.15) is 5.82 Å². The molecule has 3 rings (SSSR count). The standard InChI is InChI=1S/C16H11ClN2O2/c17-10-5-7-11(8-6-10)19-15-13-4-2-1-3-12(13)14(9-18-15)16(20)21/h1-9H,(H,18,19)(H,20,21). The zero-order valence-electron chi connectivity index (χ0n) is 10.9. The second kappa shape index (κ2) is 5.42. The Labute approximate surface area is 126 Å². The van der Waals surface area contributed by atoms with Crippen LogP contribution < -0.4 is 5.32 Å². The highest BCUT2D eigenvalue weighted by atomic mass is 35.5. The maximum absolute atomic E-state index is 11.2. The molecule has 0 aliphatic carbocycles. The number of aromatic nitrogens is 1. The summed E-state index contributed by atoms with van der Waals surface area (Å²) in [5, 5.41) is 14.5. The van der Waals surface area contributed by atoms with E-state index in [2.05, 4.69) is 10.3 Å². The monoisotopic (exact) mass is 298 g/mol. The highest BCUT2D eigenvalue weighted by Crippen LogP contribution is 2.27. The van der Waals surface area contributed by atoms with Gasteiger partial charge in [0, 0.05) is 27.7 Å². The highest BCUT2D eigenvalue weighted by Gasteiger charge is 2.12. The Morgan fingerprint density at radius 3 is 2.38 bits per heavy atom. The van der Waals surface area contributed by atoms with Gasteiger partial charge in [-0.25, -0.2) is 9.78 Å². The Morgan fingerprint density at radius 2 is 1.71 bits per heavy atom. The van der Waals surface area contributed by atoms with E-state index in [1.54, 1.807) is 24.3 Å². The van der Waals surface area contributed by atoms with Gasteiger partial charge in [-0.15, -0.1) is 0 Å². The van der Waals surface area contributed by atoms with Crippen molar-refractivity contribution in [3.63, 3.8) is 0 Å². The summed E-state index contributed by atoms with van der Waals surface area (Å²) in [5.41, 5.74) is 1.02. The number of hydrogen-bond acceptors (Lipinski definition) is 3. The van der Waals surface area contributed by atoms with Crippen molar-refractivity contribution < 1.29 is 9.90 Å². The molecule has 0 unspecified atom stereocenters. The molecule has 0 saturated carbocycles. The molecule has 2 N–H and O–H groups in total. The summed E-state index contributed by atoms with van der Waals surface area (Å²) in [4.78, 5) is 15.5. The third kappa shape index (κ3) is 2.66. The molecule has 0 atom stereocenters. The maximum atomic E-state index is 11.2. The predicted molar refractivity (Wildman–Crippen MR) is 83.4 cm³/mol. The fraction of sp³-hybridized carbons (Fsp3) is 0. The molecule has 1 heterocycles. The summed E-state index contributed by atoms with van der Waals surface area (Å²) in [7, 11) is 0. The summed E-state index contributed by atoms with van der Waals surface area (Å²) >= 11 is 5.86. The molecule has 0 spiro atoms. The lowest BCUT2D eigenvalue weighted by atomic mass is 10.1. The largest absolute Gasteiger partial charge is 0.478 e. The van der Waals surface area contributed by atoms with Crippen LogP contribution in [0, 0.1) is 0 Å². The molecule has 0 aliphatic heterocycles. The van der Waals surface area contributed by atoms with Crippen molar-refractivity contribution in [2.75, 3.05) is 5.32 Å². The molecule has 5 heteroatoms. The van der Waals surface area contributed by atoms with E-state index >= 15 is 0 Å². The molecule has 0 amide bonds. The molecule has 2 aromatic carbocycles. The molecule has 1 aromatic heterocycles. The molecule has 21 heavy (non-hydrogen) atoms. The van der Waals surface area contributed by atoms with Crippen LogP contribution in [-0.4, -0.2) is 16.1 Å². The zero-order chi connectivity index (χ0) is 14.8. The smallest absolute Gasteiger partial charge is 0.337 e. The lowest BCUT2D eigenvalue weighted by Crippen LogP contribution is -2.02. The summed E-state index contributed by atoms with van der Waals surface area (Å²) in [5.74, 6) is -0.380. The number of carboxylic acids is 1. The average molecular weight is 299 g/mol. The van der Waals surface area contributed by atoms with Crippen molar-refractivity contribution in [2.24, 2.45) is 0 Å². The number of carbonyl (C=O) groups is 1. The van der Waals surface area contributed by atoms with Gasteiger partial charge in [-0.2, -0.15) is 0 Å². The van der Waals surface area contributed by atoms with Gasteiger partial charge in [0.25, 0.3) is 0 Å². The minimum Gasteiger partial charge on any atom is -0.478 e. The van der Waals surface area contributed by atoms with Crippen LogP contribution in [0.25, 0.3) is 10.8 Å². The number of pyridine rings is 1. The van der Waals surface area contributed by atoms with E-state index in [-0.39, 0.29) is 5.56 Å². The molecule has 0 aliphatic rings. The van der Waals surface area contributed by atoms with E-state index in [9.17, 15) is 9.90 Å². The van der Waals surface area contributed by atoms with E-state index in [1.807, 2.05) is 24.3 Å². The Hall–Kier alpha value is -2.59. The number of nitrogens with zero attached hydrogens (tertiary/aromatic N) is 1. The van der Waals surface area contributed by atoms with Crippen molar-refractivity contribution in [1.82, 2.24) is 4.98 Å². The predicted octanol–water partition coefficient (Wildman–Crippen LogP) is 4.33. The number of hydrogen-bond donors (Lipinski definition) is 2. The molecular weight excluding hydrogens is 288 g/mol. The Morgan fingerprint density at radius 1 is 1.05 bits per heavy atom. The topological polar surface area (TPSA) is 62.2 Å². The third-order valence-electron chi connectivity index (χ3n) is 3.13. The van der Waals surface area contributed by atoms with Gasteiger partial charge in [0.15, 0.2) is 0 Å². The summed E-state index contributed by atoms with van der Waals surface area (Å²) in [6.07, 6.45) is 1.36. The van der Waals surface area contributed by atoms with Gasteiger partial charge in [-0.1, -0.05) is 35.9 Å². The molecular formula is C16H11ClN2O2. The number of benzene rings is 2. The van der Waals surface area contributed by atoms with Crippen molar-refractivity contribution in [3.05, 3.63) is 65.3 Å². The average Bonchev–Trinajstić information content (AvgIpc) is 2.49. The first kappa shape index (κ1) is 13.4. The van der Waals surface area contributed by atoms with Crippen molar-refractivity contribution >= 4 is 39.8 Å². The summed E-state index contributed by atoms with van der Waals surface area (Å²) in [6, 6.07) is 14.5. The fourth-order valence-electron chi connectivity index (χ4n) is 2.13. The van der Waals surface area contributed by atoms with Crippen LogP contribution in [-0.2, 0) is 0 Å². The van der Waals surface area contributed by atoms with E-state index in [4.69, 9.17) is 11.6 Å². The number of carboxylic acid groups (broad SMARTS) is 1. The maximum Gasteiger partial charge on any atom is 0.337 e. The number of halogens is 1. The molecule has 0 radical (unpaired) electrons. The molecule has 104 valence electrons. The SMILES string of the molecule is O=C(O)c1cnc(Nc2ccc(Cl)cc2)c2ccccc12. The summed E-state index contributed by atoms with van der Waals surface area (Å²) < 4.78 is 0. The van der Waals surface area contributed by atoms with Crippen molar-refractivity contribution in [1.29, 1.82) is 0 Å². The normalized spacial score (nSPS) is 10.5. The number of aromatic carboxylic acids is 1. The fourth-order valence-corrected chi connectivity index (χ4v) is 2.26. The van der Waals surface area contributed by atoms with Crippen LogP contribution in [0.4, 0.5) is 11.5 Å². The van der Waals surface area contributed by atoms with Crippen molar-refractivity contribution in [3.8, 4) is 0 Å². The number of fused-ring (bicyclic) bond motifs is 1. The Balaban J connectivity index is 2.09. The van der Waals surface area contributed by atoms with Gasteiger partial charge in [-0.3, -0.25) is 0 Å². The number of rotatable bonds is 3. The minimum atomic E-state index is -0.989. The van der Waals surface area contributed by atoms with E-state index in [0.717, 1.165) is 11.1 Å². The zero-order valence-corrected chi connectivity index (χ0v) is 11.6. The van der Waals surface area contributed by atoms with Gasteiger partial charge < -0.3 is 10.4 Å². The lowest BCUT2D eigenvalue weighted by Gasteiger charge is -2.10. The molecule has 3 aromatic rings. The number of nitrogens with one attached hydrogen (secondary N) is 1. The van der Waals surface area contributed by atoms with Gasteiger partial charge in [-0.05, 0) is 24.3 Å². The van der Waals surface area contributed by atoms with Crippen LogP contribution in [0.2, 0.25) is 5.02 Å². The number of anilines is 2. The lowest BCUT2D eigenvalue weighted by molar-refractivity contribution is 0.0698. The van der Waals surface area contributed by atoms with Crippen LogP contribution >= 0.6 is 11.6 Å². The Bertz CT molecular complexity index is 816. The van der Waals surface area contributed by atoms with Crippen LogP contribution in [0.1, 0.15) is 10.4 Å². The first-order valence-electron chi connectivity index (χ1n) is 6.29.